The molecule has 86 valence electrons. The van der Waals surface area contributed by atoms with Crippen LogP contribution in [0.25, 0.3) is 0 Å². The van der Waals surface area contributed by atoms with Gasteiger partial charge in [0.1, 0.15) is 5.75 Å². The molecule has 2 heterocycles. The Labute approximate surface area is 95.4 Å². The van der Waals surface area contributed by atoms with Crippen LogP contribution in [0.5, 0.6) is 5.75 Å². The van der Waals surface area contributed by atoms with Crippen LogP contribution in [0.3, 0.4) is 0 Å². The van der Waals surface area contributed by atoms with Gasteiger partial charge in [0.25, 0.3) is 0 Å². The minimum atomic E-state index is -0.486. The van der Waals surface area contributed by atoms with Gasteiger partial charge in [-0.2, -0.15) is 0 Å². The van der Waals surface area contributed by atoms with E-state index < -0.39 is 5.60 Å². The third-order valence-electron chi connectivity index (χ3n) is 3.53. The highest BCUT2D eigenvalue weighted by molar-refractivity contribution is 5.35. The molecule has 0 spiro atoms. The summed E-state index contributed by atoms with van der Waals surface area (Å²) in [7, 11) is 0. The van der Waals surface area contributed by atoms with Crippen LogP contribution in [0, 0.1) is 5.92 Å². The molecule has 0 saturated carbocycles. The molecule has 1 fully saturated rings. The van der Waals surface area contributed by atoms with Crippen LogP contribution in [0.15, 0.2) is 24.3 Å². The second-order valence-corrected chi connectivity index (χ2v) is 5.02. The van der Waals surface area contributed by atoms with Crippen molar-refractivity contribution in [3.63, 3.8) is 0 Å². The fourth-order valence-corrected chi connectivity index (χ4v) is 2.62. The molecule has 3 heteroatoms. The molecule has 1 atom stereocenters. The zero-order valence-corrected chi connectivity index (χ0v) is 9.28. The van der Waals surface area contributed by atoms with E-state index in [0.29, 0.717) is 5.92 Å². The molecule has 0 aliphatic carbocycles. The Hall–Kier alpha value is -1.06. The molecule has 1 saturated heterocycles. The highest BCUT2D eigenvalue weighted by Crippen LogP contribution is 2.31. The van der Waals surface area contributed by atoms with E-state index in [1.807, 2.05) is 18.2 Å². The minimum Gasteiger partial charge on any atom is -0.493 e. The Morgan fingerprint density at radius 2 is 2.19 bits per heavy atom. The van der Waals surface area contributed by atoms with Gasteiger partial charge in [-0.15, -0.1) is 0 Å². The fourth-order valence-electron chi connectivity index (χ4n) is 2.62. The van der Waals surface area contributed by atoms with E-state index in [-0.39, 0.29) is 0 Å². The zero-order chi connectivity index (χ0) is 11.0. The Kier molecular flexibility index (Phi) is 2.37. The number of β-amino-alcohol motifs (C(OH)–C–C–N with tert-alkyl or cyclic N) is 1. The van der Waals surface area contributed by atoms with Crippen molar-refractivity contribution in [2.45, 2.75) is 18.4 Å². The number of ether oxygens (including phenoxy) is 1. The quantitative estimate of drug-likeness (QED) is 0.778. The number of benzene rings is 1. The van der Waals surface area contributed by atoms with Crippen LogP contribution < -0.4 is 10.1 Å². The predicted molar refractivity (Wildman–Crippen MR) is 61.6 cm³/mol. The Bertz CT molecular complexity index is 387. The molecule has 1 aromatic rings. The first-order valence-corrected chi connectivity index (χ1v) is 5.89. The number of hydrogen-bond donors (Lipinski definition) is 2. The average molecular weight is 219 g/mol. The van der Waals surface area contributed by atoms with E-state index >= 15 is 0 Å². The normalized spacial score (nSPS) is 26.4. The predicted octanol–water partition coefficient (Wildman–Crippen LogP) is 0.962. The van der Waals surface area contributed by atoms with Crippen molar-refractivity contribution in [1.29, 1.82) is 0 Å². The summed E-state index contributed by atoms with van der Waals surface area (Å²) in [5, 5.41) is 13.2. The third kappa shape index (κ3) is 1.81. The lowest BCUT2D eigenvalue weighted by Crippen LogP contribution is -2.60. The van der Waals surface area contributed by atoms with Crippen LogP contribution >= 0.6 is 0 Å². The molecule has 2 N–H and O–H groups in total. The summed E-state index contributed by atoms with van der Waals surface area (Å²) in [6, 6.07) is 8.18. The van der Waals surface area contributed by atoms with Crippen molar-refractivity contribution in [2.24, 2.45) is 5.92 Å². The van der Waals surface area contributed by atoms with Crippen molar-refractivity contribution < 1.29 is 9.84 Å². The van der Waals surface area contributed by atoms with Gasteiger partial charge in [-0.3, -0.25) is 0 Å². The van der Waals surface area contributed by atoms with Gasteiger partial charge in [0.05, 0.1) is 12.2 Å². The summed E-state index contributed by atoms with van der Waals surface area (Å²) in [5.74, 6) is 1.46. The maximum Gasteiger partial charge on any atom is 0.122 e. The van der Waals surface area contributed by atoms with Gasteiger partial charge >= 0.3 is 0 Å². The van der Waals surface area contributed by atoms with Crippen LogP contribution in [-0.2, 0) is 6.42 Å². The van der Waals surface area contributed by atoms with Crippen molar-refractivity contribution in [2.75, 3.05) is 19.7 Å². The van der Waals surface area contributed by atoms with Crippen molar-refractivity contribution in [3.05, 3.63) is 29.8 Å². The molecule has 0 bridgehead atoms. The van der Waals surface area contributed by atoms with Crippen LogP contribution in [-0.4, -0.2) is 30.4 Å². The summed E-state index contributed by atoms with van der Waals surface area (Å²) in [6.45, 7) is 2.19. The second kappa shape index (κ2) is 3.75. The maximum atomic E-state index is 10.1. The monoisotopic (exact) mass is 219 g/mol. The van der Waals surface area contributed by atoms with Crippen molar-refractivity contribution in [1.82, 2.24) is 5.32 Å². The smallest absolute Gasteiger partial charge is 0.122 e. The molecule has 0 amide bonds. The standard InChI is InChI=1S/C13H17NO2/c15-13(8-14-9-13)6-10-5-11-3-1-2-4-12(11)16-7-10/h1-4,10,14-15H,5-9H2. The molecule has 16 heavy (non-hydrogen) atoms. The van der Waals surface area contributed by atoms with Crippen molar-refractivity contribution in [3.8, 4) is 5.75 Å². The van der Waals surface area contributed by atoms with E-state index in [0.717, 1.165) is 38.3 Å². The summed E-state index contributed by atoms with van der Waals surface area (Å²) in [5.41, 5.74) is 0.787. The molecule has 0 aromatic heterocycles. The number of hydrogen-bond acceptors (Lipinski definition) is 3. The lowest BCUT2D eigenvalue weighted by Gasteiger charge is -2.41. The Morgan fingerprint density at radius 3 is 2.94 bits per heavy atom. The number of nitrogens with one attached hydrogen (secondary N) is 1. The number of fused-ring (bicyclic) bond motifs is 1. The number of aliphatic hydroxyl groups is 1. The zero-order valence-electron chi connectivity index (χ0n) is 9.28. The largest absolute Gasteiger partial charge is 0.493 e. The second-order valence-electron chi connectivity index (χ2n) is 5.02. The average Bonchev–Trinajstić information content (AvgIpc) is 2.27. The minimum absolute atomic E-state index is 0.446. The van der Waals surface area contributed by atoms with Crippen LogP contribution in [0.1, 0.15) is 12.0 Å². The van der Waals surface area contributed by atoms with E-state index in [1.54, 1.807) is 0 Å². The van der Waals surface area contributed by atoms with E-state index in [1.165, 1.54) is 5.56 Å². The molecule has 0 radical (unpaired) electrons. The lowest BCUT2D eigenvalue weighted by atomic mass is 9.82. The van der Waals surface area contributed by atoms with E-state index in [2.05, 4.69) is 11.4 Å². The Balaban J connectivity index is 1.68. The van der Waals surface area contributed by atoms with Crippen LogP contribution in [0.4, 0.5) is 0 Å². The van der Waals surface area contributed by atoms with Gasteiger partial charge in [-0.1, -0.05) is 18.2 Å². The molecular weight excluding hydrogens is 202 g/mol. The fraction of sp³-hybridized carbons (Fsp3) is 0.538. The maximum absolute atomic E-state index is 10.1. The van der Waals surface area contributed by atoms with Gasteiger partial charge in [0, 0.05) is 13.1 Å². The third-order valence-corrected chi connectivity index (χ3v) is 3.53. The molecule has 1 unspecified atom stereocenters. The highest BCUT2D eigenvalue weighted by atomic mass is 16.5. The molecule has 2 aliphatic heterocycles. The molecule has 2 aliphatic rings. The SMILES string of the molecule is OC1(CC2COc3ccccc3C2)CNC1. The Morgan fingerprint density at radius 1 is 1.38 bits per heavy atom. The van der Waals surface area contributed by atoms with Gasteiger partial charge in [0.2, 0.25) is 0 Å². The first-order valence-electron chi connectivity index (χ1n) is 5.89. The summed E-state index contributed by atoms with van der Waals surface area (Å²) in [6.07, 6.45) is 1.87. The summed E-state index contributed by atoms with van der Waals surface area (Å²) < 4.78 is 5.72. The molecule has 3 rings (SSSR count). The van der Waals surface area contributed by atoms with Crippen LogP contribution in [0.2, 0.25) is 0 Å². The molecule has 1 aromatic carbocycles. The van der Waals surface area contributed by atoms with Gasteiger partial charge in [0.15, 0.2) is 0 Å². The van der Waals surface area contributed by atoms with Gasteiger partial charge in [-0.25, -0.2) is 0 Å². The topological polar surface area (TPSA) is 41.5 Å². The van der Waals surface area contributed by atoms with Gasteiger partial charge in [-0.05, 0) is 30.4 Å². The molecular formula is C13H17NO2. The number of rotatable bonds is 2. The van der Waals surface area contributed by atoms with Gasteiger partial charge < -0.3 is 15.2 Å². The van der Waals surface area contributed by atoms with E-state index in [4.69, 9.17) is 4.74 Å². The summed E-state index contributed by atoms with van der Waals surface area (Å²) >= 11 is 0. The summed E-state index contributed by atoms with van der Waals surface area (Å²) in [4.78, 5) is 0. The first-order chi connectivity index (χ1) is 7.75. The first kappa shape index (κ1) is 10.1. The van der Waals surface area contributed by atoms with E-state index in [9.17, 15) is 5.11 Å². The highest BCUT2D eigenvalue weighted by Gasteiger charge is 2.37. The number of para-hydroxylation sites is 1. The van der Waals surface area contributed by atoms with Crippen molar-refractivity contribution >= 4 is 0 Å². The molecule has 3 nitrogen and oxygen atoms in total. The lowest BCUT2D eigenvalue weighted by molar-refractivity contribution is -0.0367.